The largest absolute Gasteiger partial charge is 0.351 e. The van der Waals surface area contributed by atoms with Crippen LogP contribution < -0.4 is 10.6 Å². The fourth-order valence-electron chi connectivity index (χ4n) is 2.50. The molecule has 2 unspecified atom stereocenters. The predicted octanol–water partition coefficient (Wildman–Crippen LogP) is 2.42. The fraction of sp³-hybridized carbons (Fsp3) is 0.562. The van der Waals surface area contributed by atoms with Crippen LogP contribution in [0.25, 0.3) is 0 Å². The van der Waals surface area contributed by atoms with Gasteiger partial charge in [0.25, 0.3) is 0 Å². The summed E-state index contributed by atoms with van der Waals surface area (Å²) in [5.41, 5.74) is 2.49. The van der Waals surface area contributed by atoms with E-state index in [4.69, 9.17) is 0 Å². The van der Waals surface area contributed by atoms with Crippen LogP contribution in [0.2, 0.25) is 0 Å². The Hall–Kier alpha value is -1.35. The molecule has 0 bridgehead atoms. The summed E-state index contributed by atoms with van der Waals surface area (Å²) >= 11 is 0. The van der Waals surface area contributed by atoms with Gasteiger partial charge in [0.2, 0.25) is 5.91 Å². The maximum atomic E-state index is 12.0. The van der Waals surface area contributed by atoms with Crippen molar-refractivity contribution in [3.63, 3.8) is 0 Å². The molecule has 0 aromatic heterocycles. The van der Waals surface area contributed by atoms with Crippen molar-refractivity contribution in [3.05, 3.63) is 35.4 Å². The van der Waals surface area contributed by atoms with E-state index in [1.165, 1.54) is 5.56 Å². The van der Waals surface area contributed by atoms with E-state index >= 15 is 0 Å². The summed E-state index contributed by atoms with van der Waals surface area (Å²) in [6, 6.07) is 8.46. The molecule has 1 aromatic carbocycles. The number of carbonyl (C=O) groups excluding carboxylic acids is 1. The van der Waals surface area contributed by atoms with Gasteiger partial charge in [0, 0.05) is 6.54 Å². The molecule has 1 heterocycles. The number of rotatable bonds is 4. The summed E-state index contributed by atoms with van der Waals surface area (Å²) in [4.78, 5) is 12.0. The second-order valence-corrected chi connectivity index (χ2v) is 5.81. The fourth-order valence-corrected chi connectivity index (χ4v) is 2.50. The number of hydrogen-bond donors (Lipinski definition) is 2. The molecule has 3 nitrogen and oxygen atoms in total. The molecule has 19 heavy (non-hydrogen) atoms. The maximum absolute atomic E-state index is 12.0. The van der Waals surface area contributed by atoms with Crippen LogP contribution in [0.3, 0.4) is 0 Å². The molecule has 2 rings (SSSR count). The molecule has 1 saturated heterocycles. The Morgan fingerprint density at radius 1 is 1.37 bits per heavy atom. The van der Waals surface area contributed by atoms with Crippen LogP contribution in [0, 0.1) is 5.92 Å². The Balaban J connectivity index is 1.86. The third-order valence-corrected chi connectivity index (χ3v) is 3.93. The van der Waals surface area contributed by atoms with Gasteiger partial charge in [-0.05, 0) is 35.9 Å². The first-order valence-corrected chi connectivity index (χ1v) is 7.18. The van der Waals surface area contributed by atoms with E-state index in [0.717, 1.165) is 18.5 Å². The van der Waals surface area contributed by atoms with Crippen LogP contribution in [0.5, 0.6) is 0 Å². The minimum Gasteiger partial charge on any atom is -0.351 e. The number of amides is 1. The standard InChI is InChI=1S/C16H24N2O/c1-11(2)14-6-4-13(5-7-14)10-18-16(19)15-12(3)8-9-17-15/h4-7,11-12,15,17H,8-10H2,1-3H3,(H,18,19). The van der Waals surface area contributed by atoms with Crippen LogP contribution in [0.15, 0.2) is 24.3 Å². The molecule has 0 radical (unpaired) electrons. The second-order valence-electron chi connectivity index (χ2n) is 5.81. The lowest BCUT2D eigenvalue weighted by molar-refractivity contribution is -0.123. The number of nitrogens with one attached hydrogen (secondary N) is 2. The molecule has 3 heteroatoms. The third kappa shape index (κ3) is 3.57. The summed E-state index contributed by atoms with van der Waals surface area (Å²) in [5, 5.41) is 6.27. The van der Waals surface area contributed by atoms with E-state index in [1.54, 1.807) is 0 Å². The molecule has 0 spiro atoms. The SMILES string of the molecule is CC(C)c1ccc(CNC(=O)C2NCCC2C)cc1. The van der Waals surface area contributed by atoms with Crippen molar-refractivity contribution in [2.45, 2.75) is 45.7 Å². The minimum absolute atomic E-state index is 0.0186. The second kappa shape index (κ2) is 6.20. The molecule has 1 amide bonds. The van der Waals surface area contributed by atoms with Gasteiger partial charge < -0.3 is 10.6 Å². The van der Waals surface area contributed by atoms with Gasteiger partial charge in [0.05, 0.1) is 6.04 Å². The maximum Gasteiger partial charge on any atom is 0.237 e. The van der Waals surface area contributed by atoms with Gasteiger partial charge in [-0.25, -0.2) is 0 Å². The van der Waals surface area contributed by atoms with Gasteiger partial charge in [0.15, 0.2) is 0 Å². The molecule has 2 atom stereocenters. The molecular formula is C16H24N2O. The van der Waals surface area contributed by atoms with Gasteiger partial charge in [-0.1, -0.05) is 45.0 Å². The Morgan fingerprint density at radius 2 is 2.05 bits per heavy atom. The Morgan fingerprint density at radius 3 is 2.58 bits per heavy atom. The first-order valence-electron chi connectivity index (χ1n) is 7.18. The van der Waals surface area contributed by atoms with E-state index in [2.05, 4.69) is 55.7 Å². The molecule has 1 aromatic rings. The zero-order valence-corrected chi connectivity index (χ0v) is 12.1. The van der Waals surface area contributed by atoms with Crippen LogP contribution in [-0.2, 0) is 11.3 Å². The van der Waals surface area contributed by atoms with E-state index in [1.807, 2.05) is 0 Å². The lowest BCUT2D eigenvalue weighted by atomic mass is 10.0. The van der Waals surface area contributed by atoms with Crippen molar-refractivity contribution in [2.75, 3.05) is 6.54 Å². The summed E-state index contributed by atoms with van der Waals surface area (Å²) in [6.07, 6.45) is 1.08. The van der Waals surface area contributed by atoms with Crippen LogP contribution in [0.4, 0.5) is 0 Å². The normalized spacial score (nSPS) is 22.7. The average Bonchev–Trinajstić information content (AvgIpc) is 2.83. The van der Waals surface area contributed by atoms with Crippen LogP contribution >= 0.6 is 0 Å². The topological polar surface area (TPSA) is 41.1 Å². The monoisotopic (exact) mass is 260 g/mol. The number of benzene rings is 1. The first-order chi connectivity index (χ1) is 9.08. The minimum atomic E-state index is -0.0186. The van der Waals surface area contributed by atoms with Gasteiger partial charge in [-0.2, -0.15) is 0 Å². The van der Waals surface area contributed by atoms with E-state index in [-0.39, 0.29) is 11.9 Å². The van der Waals surface area contributed by atoms with E-state index in [9.17, 15) is 4.79 Å². The van der Waals surface area contributed by atoms with Gasteiger partial charge >= 0.3 is 0 Å². The smallest absolute Gasteiger partial charge is 0.237 e. The highest BCUT2D eigenvalue weighted by molar-refractivity contribution is 5.82. The predicted molar refractivity (Wildman–Crippen MR) is 77.9 cm³/mol. The van der Waals surface area contributed by atoms with E-state index < -0.39 is 0 Å². The molecule has 0 aliphatic carbocycles. The van der Waals surface area contributed by atoms with Crippen molar-refractivity contribution in [2.24, 2.45) is 5.92 Å². The zero-order chi connectivity index (χ0) is 13.8. The van der Waals surface area contributed by atoms with Crippen molar-refractivity contribution < 1.29 is 4.79 Å². The highest BCUT2D eigenvalue weighted by Crippen LogP contribution is 2.16. The van der Waals surface area contributed by atoms with Gasteiger partial charge in [-0.15, -0.1) is 0 Å². The van der Waals surface area contributed by atoms with Gasteiger partial charge in [-0.3, -0.25) is 4.79 Å². The summed E-state index contributed by atoms with van der Waals surface area (Å²) in [5.74, 6) is 1.11. The third-order valence-electron chi connectivity index (χ3n) is 3.93. The average molecular weight is 260 g/mol. The highest BCUT2D eigenvalue weighted by Gasteiger charge is 2.28. The zero-order valence-electron chi connectivity index (χ0n) is 12.1. The lowest BCUT2D eigenvalue weighted by Crippen LogP contribution is -2.42. The summed E-state index contributed by atoms with van der Waals surface area (Å²) < 4.78 is 0. The lowest BCUT2D eigenvalue weighted by Gasteiger charge is -2.15. The molecule has 2 N–H and O–H groups in total. The first kappa shape index (κ1) is 14.1. The van der Waals surface area contributed by atoms with Crippen molar-refractivity contribution in [1.82, 2.24) is 10.6 Å². The quantitative estimate of drug-likeness (QED) is 0.873. The van der Waals surface area contributed by atoms with Crippen molar-refractivity contribution in [3.8, 4) is 0 Å². The Bertz CT molecular complexity index is 425. The van der Waals surface area contributed by atoms with Crippen molar-refractivity contribution in [1.29, 1.82) is 0 Å². The highest BCUT2D eigenvalue weighted by atomic mass is 16.2. The van der Waals surface area contributed by atoms with Gasteiger partial charge in [0.1, 0.15) is 0 Å². The number of carbonyl (C=O) groups is 1. The number of hydrogen-bond acceptors (Lipinski definition) is 2. The molecule has 1 fully saturated rings. The van der Waals surface area contributed by atoms with E-state index in [0.29, 0.717) is 18.4 Å². The molecular weight excluding hydrogens is 236 g/mol. The molecule has 0 saturated carbocycles. The Labute approximate surface area is 115 Å². The Kier molecular flexibility index (Phi) is 4.59. The summed E-state index contributed by atoms with van der Waals surface area (Å²) in [7, 11) is 0. The van der Waals surface area contributed by atoms with Crippen molar-refractivity contribution >= 4 is 5.91 Å². The molecule has 104 valence electrons. The molecule has 1 aliphatic rings. The van der Waals surface area contributed by atoms with Crippen LogP contribution in [0.1, 0.15) is 44.2 Å². The summed E-state index contributed by atoms with van der Waals surface area (Å²) in [6.45, 7) is 8.06. The van der Waals surface area contributed by atoms with Crippen LogP contribution in [-0.4, -0.2) is 18.5 Å². The molecule has 1 aliphatic heterocycles.